The summed E-state index contributed by atoms with van der Waals surface area (Å²) in [6.45, 7) is -0.0360. The molecule has 0 aliphatic heterocycles. The summed E-state index contributed by atoms with van der Waals surface area (Å²) in [4.78, 5) is 4.57. The topological polar surface area (TPSA) is 33.1 Å². The van der Waals surface area contributed by atoms with Crippen molar-refractivity contribution in [1.82, 2.24) is 4.98 Å². The van der Waals surface area contributed by atoms with E-state index in [9.17, 15) is 13.2 Å². The van der Waals surface area contributed by atoms with Gasteiger partial charge in [-0.3, -0.25) is 0 Å². The molecule has 2 aromatic heterocycles. The van der Waals surface area contributed by atoms with E-state index >= 15 is 0 Å². The Balaban J connectivity index is 2.11. The van der Waals surface area contributed by atoms with E-state index in [-0.39, 0.29) is 6.61 Å². The molecule has 0 bridgehead atoms. The first-order valence-electron chi connectivity index (χ1n) is 4.90. The van der Waals surface area contributed by atoms with Crippen molar-refractivity contribution < 1.29 is 18.3 Å². The molecule has 18 heavy (non-hydrogen) atoms. The number of nitrogens with zero attached hydrogens (tertiary/aromatic N) is 1. The van der Waals surface area contributed by atoms with Gasteiger partial charge in [-0.2, -0.15) is 13.2 Å². The molecule has 0 spiro atoms. The summed E-state index contributed by atoms with van der Waals surface area (Å²) < 4.78 is 37.9. The monoisotopic (exact) mass is 291 g/mol. The second-order valence-electron chi connectivity index (χ2n) is 3.36. The molecular weight excluding hydrogens is 283 g/mol. The van der Waals surface area contributed by atoms with Gasteiger partial charge in [0, 0.05) is 11.1 Å². The Morgan fingerprint density at radius 3 is 2.50 bits per heavy atom. The number of aromatic nitrogens is 1. The number of rotatable bonds is 3. The van der Waals surface area contributed by atoms with E-state index in [1.165, 1.54) is 29.2 Å². The summed E-state index contributed by atoms with van der Waals surface area (Å²) >= 11 is 2.66. The summed E-state index contributed by atoms with van der Waals surface area (Å²) in [6, 6.07) is 5.93. The molecule has 0 saturated carbocycles. The molecule has 2 nitrogen and oxygen atoms in total. The van der Waals surface area contributed by atoms with Gasteiger partial charge in [0.15, 0.2) is 0 Å². The molecule has 7 heteroatoms. The van der Waals surface area contributed by atoms with Crippen molar-refractivity contribution in [1.29, 1.82) is 0 Å². The highest BCUT2D eigenvalue weighted by Gasteiger charge is 2.30. The number of alkyl halides is 3. The van der Waals surface area contributed by atoms with Crippen LogP contribution < -0.4 is 0 Å². The Kier molecular flexibility index (Phi) is 3.94. The van der Waals surface area contributed by atoms with Crippen molar-refractivity contribution in [2.45, 2.75) is 22.0 Å². The summed E-state index contributed by atoms with van der Waals surface area (Å²) in [7, 11) is 0. The van der Waals surface area contributed by atoms with Crippen molar-refractivity contribution >= 4 is 23.1 Å². The molecule has 0 aromatic carbocycles. The van der Waals surface area contributed by atoms with E-state index in [1.54, 1.807) is 12.1 Å². The number of halogens is 3. The lowest BCUT2D eigenvalue weighted by atomic mass is 10.3. The molecule has 96 valence electrons. The van der Waals surface area contributed by atoms with Crippen LogP contribution in [-0.4, -0.2) is 10.1 Å². The number of hydrogen-bond donors (Lipinski definition) is 1. The predicted molar refractivity (Wildman–Crippen MR) is 63.6 cm³/mol. The lowest BCUT2D eigenvalue weighted by molar-refractivity contribution is -0.137. The molecule has 1 N–H and O–H groups in total. The summed E-state index contributed by atoms with van der Waals surface area (Å²) in [6.07, 6.45) is -3.54. The van der Waals surface area contributed by atoms with Crippen LogP contribution in [0.4, 0.5) is 13.2 Å². The van der Waals surface area contributed by atoms with E-state index in [4.69, 9.17) is 5.11 Å². The van der Waals surface area contributed by atoms with Gasteiger partial charge in [0.2, 0.25) is 0 Å². The Bertz CT molecular complexity index is 522. The molecule has 0 fully saturated rings. The van der Waals surface area contributed by atoms with Gasteiger partial charge in [-0.1, -0.05) is 11.8 Å². The third-order valence-corrected chi connectivity index (χ3v) is 4.21. The number of pyridine rings is 1. The van der Waals surface area contributed by atoms with Crippen molar-refractivity contribution in [2.24, 2.45) is 0 Å². The first-order valence-corrected chi connectivity index (χ1v) is 6.53. The molecule has 0 aliphatic rings. The SMILES string of the molecule is OCc1ccc(Sc2ccc(C(F)(F)F)cn2)s1. The Morgan fingerprint density at radius 1 is 1.22 bits per heavy atom. The van der Waals surface area contributed by atoms with Crippen LogP contribution in [0.5, 0.6) is 0 Å². The molecular formula is C11H8F3NOS2. The molecule has 0 unspecified atom stereocenters. The minimum absolute atomic E-state index is 0.0360. The second-order valence-corrected chi connectivity index (χ2v) is 5.85. The maximum Gasteiger partial charge on any atom is 0.417 e. The quantitative estimate of drug-likeness (QED) is 0.933. The van der Waals surface area contributed by atoms with E-state index in [2.05, 4.69) is 4.98 Å². The van der Waals surface area contributed by atoms with E-state index in [1.807, 2.05) is 0 Å². The van der Waals surface area contributed by atoms with Gasteiger partial charge in [-0.15, -0.1) is 11.3 Å². The van der Waals surface area contributed by atoms with Crippen LogP contribution in [0.2, 0.25) is 0 Å². The van der Waals surface area contributed by atoms with E-state index in [0.29, 0.717) is 5.03 Å². The molecule has 0 amide bonds. The van der Waals surface area contributed by atoms with Crippen LogP contribution in [-0.2, 0) is 12.8 Å². The maximum absolute atomic E-state index is 12.3. The maximum atomic E-state index is 12.3. The van der Waals surface area contributed by atoms with Gasteiger partial charge in [-0.05, 0) is 24.3 Å². The van der Waals surface area contributed by atoms with Crippen molar-refractivity contribution in [2.75, 3.05) is 0 Å². The van der Waals surface area contributed by atoms with Gasteiger partial charge in [0.1, 0.15) is 5.03 Å². The average Bonchev–Trinajstić information content (AvgIpc) is 2.76. The molecule has 2 rings (SSSR count). The molecule has 0 atom stereocenters. The van der Waals surface area contributed by atoms with Gasteiger partial charge in [-0.25, -0.2) is 4.98 Å². The Labute approximate surface area is 109 Å². The van der Waals surface area contributed by atoms with Gasteiger partial charge < -0.3 is 5.11 Å². The summed E-state index contributed by atoms with van der Waals surface area (Å²) in [5.41, 5.74) is -0.755. The lowest BCUT2D eigenvalue weighted by Crippen LogP contribution is -2.04. The zero-order chi connectivity index (χ0) is 13.2. The van der Waals surface area contributed by atoms with Gasteiger partial charge in [0.25, 0.3) is 0 Å². The average molecular weight is 291 g/mol. The Morgan fingerprint density at radius 2 is 2.00 bits per heavy atom. The zero-order valence-electron chi connectivity index (χ0n) is 8.94. The smallest absolute Gasteiger partial charge is 0.391 e. The van der Waals surface area contributed by atoms with Crippen LogP contribution in [0.25, 0.3) is 0 Å². The number of aliphatic hydroxyl groups is 1. The molecule has 2 aromatic rings. The fourth-order valence-corrected chi connectivity index (χ4v) is 3.13. The molecule has 2 heterocycles. The highest BCUT2D eigenvalue weighted by Crippen LogP contribution is 2.34. The molecule has 0 radical (unpaired) electrons. The van der Waals surface area contributed by atoms with Crippen LogP contribution in [0.3, 0.4) is 0 Å². The fraction of sp³-hybridized carbons (Fsp3) is 0.182. The summed E-state index contributed by atoms with van der Waals surface area (Å²) in [5.74, 6) is 0. The summed E-state index contributed by atoms with van der Waals surface area (Å²) in [5, 5.41) is 9.40. The predicted octanol–water partition coefficient (Wildman–Crippen LogP) is 3.81. The normalized spacial score (nSPS) is 11.8. The minimum atomic E-state index is -4.36. The lowest BCUT2D eigenvalue weighted by Gasteiger charge is -2.05. The molecule has 0 aliphatic carbocycles. The highest BCUT2D eigenvalue weighted by molar-refractivity contribution is 8.01. The van der Waals surface area contributed by atoms with Crippen molar-refractivity contribution in [3.63, 3.8) is 0 Å². The molecule has 0 saturated heterocycles. The van der Waals surface area contributed by atoms with E-state index in [0.717, 1.165) is 21.3 Å². The standard InChI is InChI=1S/C11H8F3NOS2/c12-11(13,14)7-1-3-9(15-5-7)18-10-4-2-8(6-16)17-10/h1-5,16H,6H2. The van der Waals surface area contributed by atoms with Crippen LogP contribution in [0, 0.1) is 0 Å². The third kappa shape index (κ3) is 3.24. The minimum Gasteiger partial charge on any atom is -0.391 e. The third-order valence-electron chi connectivity index (χ3n) is 2.06. The number of thiophene rings is 1. The van der Waals surface area contributed by atoms with Crippen LogP contribution in [0.1, 0.15) is 10.4 Å². The van der Waals surface area contributed by atoms with Crippen LogP contribution in [0.15, 0.2) is 39.7 Å². The first-order chi connectivity index (χ1) is 8.49. The second kappa shape index (κ2) is 5.29. The Hall–Kier alpha value is -1.05. The first kappa shape index (κ1) is 13.4. The van der Waals surface area contributed by atoms with Crippen molar-refractivity contribution in [3.05, 3.63) is 40.9 Å². The van der Waals surface area contributed by atoms with Gasteiger partial charge in [0.05, 0.1) is 16.4 Å². The zero-order valence-corrected chi connectivity index (χ0v) is 10.6. The van der Waals surface area contributed by atoms with E-state index < -0.39 is 11.7 Å². The van der Waals surface area contributed by atoms with Gasteiger partial charge >= 0.3 is 6.18 Å². The van der Waals surface area contributed by atoms with Crippen LogP contribution >= 0.6 is 23.1 Å². The number of aliphatic hydroxyl groups excluding tert-OH is 1. The largest absolute Gasteiger partial charge is 0.417 e. The highest BCUT2D eigenvalue weighted by atomic mass is 32.2. The number of hydrogen-bond acceptors (Lipinski definition) is 4. The van der Waals surface area contributed by atoms with Crippen molar-refractivity contribution in [3.8, 4) is 0 Å². The fourth-order valence-electron chi connectivity index (χ4n) is 1.21.